The van der Waals surface area contributed by atoms with Gasteiger partial charge in [-0.05, 0) is 13.3 Å². The molecule has 0 unspecified atom stereocenters. The third kappa shape index (κ3) is 5.77. The van der Waals surface area contributed by atoms with Gasteiger partial charge in [0.2, 0.25) is 0 Å². The number of anilines is 2. The molecule has 1 N–H and O–H groups in total. The van der Waals surface area contributed by atoms with Crippen molar-refractivity contribution in [2.75, 3.05) is 29.9 Å². The van der Waals surface area contributed by atoms with E-state index in [0.29, 0.717) is 17.5 Å². The van der Waals surface area contributed by atoms with Gasteiger partial charge in [-0.15, -0.1) is 0 Å². The average Bonchev–Trinajstić information content (AvgIpc) is 2.41. The highest BCUT2D eigenvalue weighted by atomic mass is 19.4. The Morgan fingerprint density at radius 1 is 1.24 bits per heavy atom. The van der Waals surface area contributed by atoms with Crippen molar-refractivity contribution in [3.8, 4) is 0 Å². The lowest BCUT2D eigenvalue weighted by Gasteiger charge is -2.24. The normalized spacial score (nSPS) is 11.8. The van der Waals surface area contributed by atoms with Gasteiger partial charge in [0.05, 0.1) is 0 Å². The summed E-state index contributed by atoms with van der Waals surface area (Å²) in [5.74, 6) is 1.49. The summed E-state index contributed by atoms with van der Waals surface area (Å²) in [7, 11) is 0. The molecule has 1 heterocycles. The number of alkyl halides is 3. The van der Waals surface area contributed by atoms with E-state index in [4.69, 9.17) is 0 Å². The molecule has 0 aromatic carbocycles. The molecule has 0 bridgehead atoms. The van der Waals surface area contributed by atoms with Gasteiger partial charge in [0.1, 0.15) is 24.0 Å². The average molecular weight is 304 g/mol. The van der Waals surface area contributed by atoms with Crippen molar-refractivity contribution in [2.45, 2.75) is 46.2 Å². The van der Waals surface area contributed by atoms with E-state index >= 15 is 0 Å². The predicted molar refractivity (Wildman–Crippen MR) is 78.8 cm³/mol. The molecule has 0 aliphatic carbocycles. The molecule has 4 nitrogen and oxygen atoms in total. The van der Waals surface area contributed by atoms with E-state index < -0.39 is 12.7 Å². The second kappa shape index (κ2) is 7.47. The van der Waals surface area contributed by atoms with Gasteiger partial charge in [-0.2, -0.15) is 13.2 Å². The van der Waals surface area contributed by atoms with Gasteiger partial charge in [0, 0.05) is 25.1 Å². The van der Waals surface area contributed by atoms with Crippen LogP contribution < -0.4 is 10.2 Å². The Labute approximate surface area is 123 Å². The van der Waals surface area contributed by atoms with Gasteiger partial charge in [0.15, 0.2) is 0 Å². The highest BCUT2D eigenvalue weighted by Gasteiger charge is 2.31. The van der Waals surface area contributed by atoms with E-state index in [1.54, 1.807) is 13.0 Å². The fourth-order valence-corrected chi connectivity index (χ4v) is 1.79. The first-order valence-corrected chi connectivity index (χ1v) is 7.21. The lowest BCUT2D eigenvalue weighted by Crippen LogP contribution is -2.35. The van der Waals surface area contributed by atoms with Gasteiger partial charge in [-0.3, -0.25) is 0 Å². The van der Waals surface area contributed by atoms with E-state index in [9.17, 15) is 13.2 Å². The first-order chi connectivity index (χ1) is 9.76. The van der Waals surface area contributed by atoms with E-state index in [1.807, 2.05) is 20.8 Å². The second-order valence-electron chi connectivity index (χ2n) is 5.18. The lowest BCUT2D eigenvalue weighted by atomic mass is 10.2. The Balaban J connectivity index is 3.10. The topological polar surface area (TPSA) is 41.0 Å². The minimum Gasteiger partial charge on any atom is -0.370 e. The van der Waals surface area contributed by atoms with E-state index in [1.165, 1.54) is 4.90 Å². The maximum atomic E-state index is 12.6. The van der Waals surface area contributed by atoms with Crippen molar-refractivity contribution < 1.29 is 13.2 Å². The molecule has 0 aliphatic heterocycles. The van der Waals surface area contributed by atoms with Crippen LogP contribution in [0.3, 0.4) is 0 Å². The molecule has 0 fully saturated rings. The van der Waals surface area contributed by atoms with Crippen molar-refractivity contribution in [1.29, 1.82) is 0 Å². The Morgan fingerprint density at radius 3 is 2.38 bits per heavy atom. The summed E-state index contributed by atoms with van der Waals surface area (Å²) in [5.41, 5.74) is 0. The molecule has 1 aromatic heterocycles. The van der Waals surface area contributed by atoms with Crippen LogP contribution in [0.4, 0.5) is 24.8 Å². The molecule has 0 amide bonds. The number of nitrogens with one attached hydrogen (secondary N) is 1. The van der Waals surface area contributed by atoms with Crippen LogP contribution in [0.2, 0.25) is 0 Å². The van der Waals surface area contributed by atoms with E-state index in [-0.39, 0.29) is 12.5 Å². The summed E-state index contributed by atoms with van der Waals surface area (Å²) < 4.78 is 37.9. The third-order valence-corrected chi connectivity index (χ3v) is 2.88. The number of hydrogen-bond donors (Lipinski definition) is 1. The largest absolute Gasteiger partial charge is 0.405 e. The third-order valence-electron chi connectivity index (χ3n) is 2.88. The fraction of sp³-hybridized carbons (Fsp3) is 0.714. The number of nitrogens with zero attached hydrogens (tertiary/aromatic N) is 3. The molecule has 0 atom stereocenters. The monoisotopic (exact) mass is 304 g/mol. The summed E-state index contributed by atoms with van der Waals surface area (Å²) in [4.78, 5) is 9.84. The minimum absolute atomic E-state index is 0.0525. The molecular formula is C14H23F3N4. The lowest BCUT2D eigenvalue weighted by molar-refractivity contribution is -0.119. The summed E-state index contributed by atoms with van der Waals surface area (Å²) in [6.45, 7) is 7.49. The van der Waals surface area contributed by atoms with Crippen LogP contribution in [-0.2, 0) is 0 Å². The van der Waals surface area contributed by atoms with Gasteiger partial charge >= 0.3 is 6.18 Å². The quantitative estimate of drug-likeness (QED) is 0.831. The Morgan fingerprint density at radius 2 is 1.90 bits per heavy atom. The van der Waals surface area contributed by atoms with E-state index in [2.05, 4.69) is 15.3 Å². The molecule has 0 saturated carbocycles. The first-order valence-electron chi connectivity index (χ1n) is 7.21. The van der Waals surface area contributed by atoms with Crippen LogP contribution >= 0.6 is 0 Å². The fourth-order valence-electron chi connectivity index (χ4n) is 1.79. The van der Waals surface area contributed by atoms with Crippen LogP contribution in [-0.4, -0.2) is 35.8 Å². The van der Waals surface area contributed by atoms with E-state index in [0.717, 1.165) is 13.0 Å². The molecular weight excluding hydrogens is 281 g/mol. The summed E-state index contributed by atoms with van der Waals surface area (Å²) in [6, 6.07) is 1.58. The molecule has 0 aliphatic rings. The minimum atomic E-state index is -4.25. The van der Waals surface area contributed by atoms with Crippen LogP contribution in [0.15, 0.2) is 6.07 Å². The summed E-state index contributed by atoms with van der Waals surface area (Å²) in [6.07, 6.45) is -3.34. The molecule has 21 heavy (non-hydrogen) atoms. The molecule has 0 spiro atoms. The Kier molecular flexibility index (Phi) is 6.23. The van der Waals surface area contributed by atoms with Gasteiger partial charge in [-0.25, -0.2) is 9.97 Å². The van der Waals surface area contributed by atoms with Crippen molar-refractivity contribution in [3.05, 3.63) is 11.9 Å². The zero-order valence-corrected chi connectivity index (χ0v) is 13.0. The van der Waals surface area contributed by atoms with Gasteiger partial charge < -0.3 is 10.2 Å². The van der Waals surface area contributed by atoms with Gasteiger partial charge in [-0.1, -0.05) is 20.8 Å². The van der Waals surface area contributed by atoms with Crippen LogP contribution in [0, 0.1) is 0 Å². The highest BCUT2D eigenvalue weighted by molar-refractivity contribution is 5.49. The predicted octanol–water partition coefficient (Wildman–Crippen LogP) is 3.81. The molecule has 120 valence electrons. The molecule has 7 heteroatoms. The van der Waals surface area contributed by atoms with Crippen LogP contribution in [0.25, 0.3) is 0 Å². The maximum Gasteiger partial charge on any atom is 0.405 e. The Bertz CT molecular complexity index is 446. The van der Waals surface area contributed by atoms with Crippen molar-refractivity contribution in [1.82, 2.24) is 9.97 Å². The smallest absolute Gasteiger partial charge is 0.370 e. The summed E-state index contributed by atoms with van der Waals surface area (Å²) >= 11 is 0. The van der Waals surface area contributed by atoms with Crippen LogP contribution in [0.5, 0.6) is 0 Å². The molecule has 0 radical (unpaired) electrons. The van der Waals surface area contributed by atoms with Crippen LogP contribution in [0.1, 0.15) is 45.9 Å². The van der Waals surface area contributed by atoms with Crippen molar-refractivity contribution in [2.24, 2.45) is 0 Å². The number of hydrogen-bond acceptors (Lipinski definition) is 4. The summed E-state index contributed by atoms with van der Waals surface area (Å²) in [5, 5.41) is 3.11. The highest BCUT2D eigenvalue weighted by Crippen LogP contribution is 2.24. The molecule has 1 rings (SSSR count). The molecule has 1 aromatic rings. The maximum absolute atomic E-state index is 12.6. The second-order valence-corrected chi connectivity index (χ2v) is 5.18. The zero-order chi connectivity index (χ0) is 16.0. The number of halogens is 3. The number of aromatic nitrogens is 2. The first kappa shape index (κ1) is 17.5. The Hall–Kier alpha value is -1.53. The standard InChI is InChI=1S/C14H23F3N4/c1-5-7-18-11-8-12(20-13(19-11)10(3)4)21(6-2)9-14(15,16)17/h8,10H,5-7,9H2,1-4H3,(H,18,19,20). The van der Waals surface area contributed by atoms with Crippen molar-refractivity contribution in [3.63, 3.8) is 0 Å². The SMILES string of the molecule is CCCNc1cc(N(CC)CC(F)(F)F)nc(C(C)C)n1. The molecule has 0 saturated heterocycles. The zero-order valence-electron chi connectivity index (χ0n) is 13.0. The number of rotatable bonds is 7. The van der Waals surface area contributed by atoms with Gasteiger partial charge in [0.25, 0.3) is 0 Å². The van der Waals surface area contributed by atoms with Crippen molar-refractivity contribution >= 4 is 11.6 Å².